The SMILES string of the molecule is CC(=O)NCCCc1nc2ccccc2n1CCOc1ccc(C(C)C)cc1. The Morgan fingerprint density at radius 2 is 1.89 bits per heavy atom. The highest BCUT2D eigenvalue weighted by molar-refractivity contribution is 5.76. The number of carbonyl (C=O) groups is 1. The third-order valence-corrected chi connectivity index (χ3v) is 4.82. The highest BCUT2D eigenvalue weighted by Gasteiger charge is 2.10. The lowest BCUT2D eigenvalue weighted by Crippen LogP contribution is -2.21. The predicted octanol–water partition coefficient (Wildman–Crippen LogP) is 4.31. The van der Waals surface area contributed by atoms with E-state index in [1.165, 1.54) is 5.56 Å². The van der Waals surface area contributed by atoms with E-state index in [0.717, 1.165) is 42.0 Å². The zero-order chi connectivity index (χ0) is 19.9. The van der Waals surface area contributed by atoms with Gasteiger partial charge in [0.1, 0.15) is 18.2 Å². The number of ether oxygens (including phenoxy) is 1. The van der Waals surface area contributed by atoms with Crippen molar-refractivity contribution in [2.75, 3.05) is 13.2 Å². The van der Waals surface area contributed by atoms with Crippen LogP contribution in [0.3, 0.4) is 0 Å². The summed E-state index contributed by atoms with van der Waals surface area (Å²) in [4.78, 5) is 15.8. The van der Waals surface area contributed by atoms with Crippen LogP contribution >= 0.6 is 0 Å². The Bertz CT molecular complexity index is 913. The number of para-hydroxylation sites is 2. The molecule has 0 unspecified atom stereocenters. The molecular formula is C23H29N3O2. The number of hydrogen-bond acceptors (Lipinski definition) is 3. The summed E-state index contributed by atoms with van der Waals surface area (Å²) in [5.74, 6) is 2.45. The molecule has 0 atom stereocenters. The number of imidazole rings is 1. The maximum Gasteiger partial charge on any atom is 0.216 e. The van der Waals surface area contributed by atoms with Crippen LogP contribution in [0.2, 0.25) is 0 Å². The van der Waals surface area contributed by atoms with Crippen molar-refractivity contribution in [1.29, 1.82) is 0 Å². The van der Waals surface area contributed by atoms with Gasteiger partial charge in [0.25, 0.3) is 0 Å². The second-order valence-electron chi connectivity index (χ2n) is 7.33. The molecule has 2 aromatic carbocycles. The van der Waals surface area contributed by atoms with Gasteiger partial charge in [-0.25, -0.2) is 4.98 Å². The molecule has 0 saturated carbocycles. The van der Waals surface area contributed by atoms with E-state index in [1.54, 1.807) is 6.92 Å². The molecule has 0 fully saturated rings. The van der Waals surface area contributed by atoms with Crippen LogP contribution in [0.25, 0.3) is 11.0 Å². The molecule has 148 valence electrons. The van der Waals surface area contributed by atoms with Crippen LogP contribution in [0, 0.1) is 0 Å². The molecule has 3 aromatic rings. The van der Waals surface area contributed by atoms with Crippen molar-refractivity contribution in [3.63, 3.8) is 0 Å². The number of fused-ring (bicyclic) bond motifs is 1. The first kappa shape index (κ1) is 19.9. The van der Waals surface area contributed by atoms with Crippen LogP contribution in [0.4, 0.5) is 0 Å². The molecule has 1 N–H and O–H groups in total. The van der Waals surface area contributed by atoms with Crippen LogP contribution < -0.4 is 10.1 Å². The van der Waals surface area contributed by atoms with E-state index in [9.17, 15) is 4.79 Å². The summed E-state index contributed by atoms with van der Waals surface area (Å²) in [6.07, 6.45) is 1.68. The average Bonchev–Trinajstić information content (AvgIpc) is 3.03. The summed E-state index contributed by atoms with van der Waals surface area (Å²) in [6.45, 7) is 7.90. The number of amides is 1. The van der Waals surface area contributed by atoms with E-state index in [2.05, 4.69) is 41.9 Å². The third-order valence-electron chi connectivity index (χ3n) is 4.82. The first-order chi connectivity index (χ1) is 13.5. The fraction of sp³-hybridized carbons (Fsp3) is 0.391. The maximum absolute atomic E-state index is 11.0. The van der Waals surface area contributed by atoms with Crippen molar-refractivity contribution in [3.8, 4) is 5.75 Å². The standard InChI is InChI=1S/C23H29N3O2/c1-17(2)19-10-12-20(13-11-19)28-16-15-26-22-8-5-4-7-21(22)25-23(26)9-6-14-24-18(3)27/h4-5,7-8,10-13,17H,6,9,14-16H2,1-3H3,(H,24,27). The van der Waals surface area contributed by atoms with Crippen molar-refractivity contribution in [3.05, 3.63) is 59.9 Å². The maximum atomic E-state index is 11.0. The Kier molecular flexibility index (Phi) is 6.69. The Hall–Kier alpha value is -2.82. The minimum atomic E-state index is 0.00499. The zero-order valence-electron chi connectivity index (χ0n) is 16.9. The molecule has 5 nitrogen and oxygen atoms in total. The number of benzene rings is 2. The number of aryl methyl sites for hydroxylation is 1. The predicted molar refractivity (Wildman–Crippen MR) is 113 cm³/mol. The Morgan fingerprint density at radius 1 is 1.14 bits per heavy atom. The number of nitrogens with one attached hydrogen (secondary N) is 1. The third kappa shape index (κ3) is 5.12. The molecule has 1 amide bonds. The van der Waals surface area contributed by atoms with Crippen LogP contribution in [0.5, 0.6) is 5.75 Å². The zero-order valence-corrected chi connectivity index (χ0v) is 16.9. The van der Waals surface area contributed by atoms with Gasteiger partial charge in [-0.3, -0.25) is 4.79 Å². The Labute approximate surface area is 166 Å². The Morgan fingerprint density at radius 3 is 2.61 bits per heavy atom. The minimum absolute atomic E-state index is 0.00499. The molecule has 28 heavy (non-hydrogen) atoms. The van der Waals surface area contributed by atoms with E-state index < -0.39 is 0 Å². The number of carbonyl (C=O) groups excluding carboxylic acids is 1. The van der Waals surface area contributed by atoms with E-state index in [0.29, 0.717) is 19.1 Å². The number of nitrogens with zero attached hydrogens (tertiary/aromatic N) is 2. The van der Waals surface area contributed by atoms with E-state index in [4.69, 9.17) is 9.72 Å². The van der Waals surface area contributed by atoms with Gasteiger partial charge in [-0.1, -0.05) is 38.1 Å². The molecule has 3 rings (SSSR count). The summed E-state index contributed by atoms with van der Waals surface area (Å²) in [5.41, 5.74) is 3.43. The second-order valence-corrected chi connectivity index (χ2v) is 7.33. The summed E-state index contributed by atoms with van der Waals surface area (Å²) in [7, 11) is 0. The second kappa shape index (κ2) is 9.40. The smallest absolute Gasteiger partial charge is 0.216 e. The molecule has 0 aliphatic rings. The average molecular weight is 380 g/mol. The van der Waals surface area contributed by atoms with E-state index >= 15 is 0 Å². The van der Waals surface area contributed by atoms with Crippen molar-refractivity contribution in [1.82, 2.24) is 14.9 Å². The van der Waals surface area contributed by atoms with Gasteiger partial charge in [-0.15, -0.1) is 0 Å². The van der Waals surface area contributed by atoms with E-state index in [1.807, 2.05) is 30.3 Å². The molecule has 5 heteroatoms. The topological polar surface area (TPSA) is 56.2 Å². The fourth-order valence-electron chi connectivity index (χ4n) is 3.28. The molecule has 1 aromatic heterocycles. The van der Waals surface area contributed by atoms with Crippen LogP contribution in [0.15, 0.2) is 48.5 Å². The molecule has 0 bridgehead atoms. The van der Waals surface area contributed by atoms with Gasteiger partial charge in [-0.05, 0) is 42.2 Å². The minimum Gasteiger partial charge on any atom is -0.492 e. The number of aromatic nitrogens is 2. The summed E-state index contributed by atoms with van der Waals surface area (Å²) >= 11 is 0. The van der Waals surface area contributed by atoms with Crippen LogP contribution in [-0.2, 0) is 17.8 Å². The lowest BCUT2D eigenvalue weighted by atomic mass is 10.0. The monoisotopic (exact) mass is 379 g/mol. The highest BCUT2D eigenvalue weighted by atomic mass is 16.5. The largest absolute Gasteiger partial charge is 0.492 e. The summed E-state index contributed by atoms with van der Waals surface area (Å²) in [5, 5.41) is 2.85. The van der Waals surface area contributed by atoms with Gasteiger partial charge in [0.15, 0.2) is 0 Å². The summed E-state index contributed by atoms with van der Waals surface area (Å²) < 4.78 is 8.20. The fourth-order valence-corrected chi connectivity index (χ4v) is 3.28. The van der Waals surface area contributed by atoms with Gasteiger partial charge < -0.3 is 14.6 Å². The molecule has 0 radical (unpaired) electrons. The van der Waals surface area contributed by atoms with Crippen molar-refractivity contribution < 1.29 is 9.53 Å². The summed E-state index contributed by atoms with van der Waals surface area (Å²) in [6, 6.07) is 16.5. The van der Waals surface area contributed by atoms with Crippen LogP contribution in [0.1, 0.15) is 44.5 Å². The first-order valence-corrected chi connectivity index (χ1v) is 9.96. The normalized spacial score (nSPS) is 11.1. The van der Waals surface area contributed by atoms with E-state index in [-0.39, 0.29) is 5.91 Å². The quantitative estimate of drug-likeness (QED) is 0.564. The molecule has 0 aliphatic carbocycles. The first-order valence-electron chi connectivity index (χ1n) is 9.96. The van der Waals surface area contributed by atoms with Gasteiger partial charge in [0.05, 0.1) is 17.6 Å². The Balaban J connectivity index is 1.65. The molecule has 0 spiro atoms. The van der Waals surface area contributed by atoms with Crippen molar-refractivity contribution in [2.24, 2.45) is 0 Å². The molecular weight excluding hydrogens is 350 g/mol. The van der Waals surface area contributed by atoms with Crippen molar-refractivity contribution >= 4 is 16.9 Å². The lowest BCUT2D eigenvalue weighted by molar-refractivity contribution is -0.118. The lowest BCUT2D eigenvalue weighted by Gasteiger charge is -2.12. The van der Waals surface area contributed by atoms with Gasteiger partial charge in [-0.2, -0.15) is 0 Å². The van der Waals surface area contributed by atoms with Gasteiger partial charge >= 0.3 is 0 Å². The van der Waals surface area contributed by atoms with Crippen molar-refractivity contribution in [2.45, 2.75) is 46.1 Å². The molecule has 1 heterocycles. The highest BCUT2D eigenvalue weighted by Crippen LogP contribution is 2.20. The number of hydrogen-bond donors (Lipinski definition) is 1. The van der Waals surface area contributed by atoms with Crippen LogP contribution in [-0.4, -0.2) is 28.6 Å². The number of rotatable bonds is 9. The molecule has 0 aliphatic heterocycles. The van der Waals surface area contributed by atoms with Gasteiger partial charge in [0, 0.05) is 19.9 Å². The van der Waals surface area contributed by atoms with Gasteiger partial charge in [0.2, 0.25) is 5.91 Å². The molecule has 0 saturated heterocycles.